The summed E-state index contributed by atoms with van der Waals surface area (Å²) in [5.74, 6) is 1.46. The van der Waals surface area contributed by atoms with Gasteiger partial charge in [0.15, 0.2) is 0 Å². The fraction of sp³-hybridized carbons (Fsp3) is 0.435. The number of likely N-dealkylation sites (tertiary alicyclic amines) is 1. The molecule has 3 aromatic rings. The molecule has 2 aromatic heterocycles. The Morgan fingerprint density at radius 2 is 1.94 bits per heavy atom. The Labute approximate surface area is 186 Å². The molecule has 2 fully saturated rings. The molecule has 31 heavy (non-hydrogen) atoms. The number of carbonyl (C=O) groups excluding carboxylic acids is 1. The van der Waals surface area contributed by atoms with Crippen molar-refractivity contribution in [1.29, 1.82) is 0 Å². The summed E-state index contributed by atoms with van der Waals surface area (Å²) in [6.07, 6.45) is 3.79. The fourth-order valence-corrected chi connectivity index (χ4v) is 5.51. The summed E-state index contributed by atoms with van der Waals surface area (Å²) in [6.45, 7) is 4.98. The number of hydrogen-bond donors (Lipinski definition) is 2. The van der Waals surface area contributed by atoms with E-state index in [9.17, 15) is 4.79 Å². The third-order valence-electron chi connectivity index (χ3n) is 6.18. The molecule has 7 nitrogen and oxygen atoms in total. The lowest BCUT2D eigenvalue weighted by molar-refractivity contribution is -0.120. The zero-order chi connectivity index (χ0) is 21.2. The van der Waals surface area contributed by atoms with E-state index < -0.39 is 0 Å². The van der Waals surface area contributed by atoms with Crippen molar-refractivity contribution in [3.8, 4) is 11.1 Å². The molecule has 4 heterocycles. The Morgan fingerprint density at radius 3 is 2.71 bits per heavy atom. The van der Waals surface area contributed by atoms with Gasteiger partial charge in [0.1, 0.15) is 22.5 Å². The van der Waals surface area contributed by atoms with Crippen molar-refractivity contribution >= 4 is 33.3 Å². The first-order chi connectivity index (χ1) is 15.2. The number of benzene rings is 1. The van der Waals surface area contributed by atoms with Gasteiger partial charge in [-0.05, 0) is 31.5 Å². The monoisotopic (exact) mass is 436 g/mol. The van der Waals surface area contributed by atoms with Crippen LogP contribution in [0, 0.1) is 0 Å². The lowest BCUT2D eigenvalue weighted by Gasteiger charge is -2.34. The predicted octanol–water partition coefficient (Wildman–Crippen LogP) is 2.61. The minimum atomic E-state index is -0.372. The standard InChI is InChI=1S/C23H28N6OS/c24-21(30)18-13-29(12-9-25-18)22-20-17(16-7-3-1-4-8-16)15-31-23(20)27-19(26-22)14-28-10-5-2-6-11-28/h1,3-4,7-8,15,18,25H,2,5-6,9-14H2,(H2,24,30). The molecule has 2 saturated heterocycles. The Morgan fingerprint density at radius 1 is 1.13 bits per heavy atom. The molecule has 1 amide bonds. The van der Waals surface area contributed by atoms with Crippen molar-refractivity contribution < 1.29 is 4.79 Å². The van der Waals surface area contributed by atoms with Crippen LogP contribution in [0.25, 0.3) is 21.3 Å². The number of anilines is 1. The number of nitrogens with two attached hydrogens (primary N) is 1. The Kier molecular flexibility index (Phi) is 5.85. The number of hydrogen-bond acceptors (Lipinski definition) is 7. The van der Waals surface area contributed by atoms with Crippen LogP contribution in [0.2, 0.25) is 0 Å². The maximum atomic E-state index is 11.9. The first-order valence-electron chi connectivity index (χ1n) is 11.0. The van der Waals surface area contributed by atoms with Gasteiger partial charge in [-0.15, -0.1) is 11.3 Å². The maximum absolute atomic E-state index is 11.9. The van der Waals surface area contributed by atoms with E-state index in [2.05, 4.69) is 44.8 Å². The molecule has 1 aromatic carbocycles. The second-order valence-corrected chi connectivity index (χ2v) is 9.21. The molecule has 2 aliphatic heterocycles. The van der Waals surface area contributed by atoms with Crippen LogP contribution in [-0.4, -0.2) is 59.5 Å². The first kappa shape index (κ1) is 20.4. The highest BCUT2D eigenvalue weighted by atomic mass is 32.1. The summed E-state index contributed by atoms with van der Waals surface area (Å²) >= 11 is 1.67. The predicted molar refractivity (Wildman–Crippen MR) is 125 cm³/mol. The van der Waals surface area contributed by atoms with E-state index in [-0.39, 0.29) is 11.9 Å². The number of carbonyl (C=O) groups is 1. The van der Waals surface area contributed by atoms with Crippen molar-refractivity contribution in [2.24, 2.45) is 5.73 Å². The zero-order valence-corrected chi connectivity index (χ0v) is 18.4. The molecule has 162 valence electrons. The number of nitrogens with one attached hydrogen (secondary N) is 1. The molecule has 3 N–H and O–H groups in total. The summed E-state index contributed by atoms with van der Waals surface area (Å²) in [7, 11) is 0. The van der Waals surface area contributed by atoms with Crippen molar-refractivity contribution in [2.75, 3.05) is 37.6 Å². The van der Waals surface area contributed by atoms with Crippen LogP contribution >= 0.6 is 11.3 Å². The summed E-state index contributed by atoms with van der Waals surface area (Å²) in [5, 5.41) is 6.47. The van der Waals surface area contributed by atoms with Gasteiger partial charge in [0.2, 0.25) is 5.91 Å². The number of piperidine rings is 1. The van der Waals surface area contributed by atoms with Crippen LogP contribution in [0.15, 0.2) is 35.7 Å². The molecular weight excluding hydrogens is 408 g/mol. The molecule has 1 atom stereocenters. The van der Waals surface area contributed by atoms with E-state index in [4.69, 9.17) is 15.7 Å². The molecule has 0 aliphatic carbocycles. The molecular formula is C23H28N6OS. The van der Waals surface area contributed by atoms with Gasteiger partial charge < -0.3 is 16.0 Å². The minimum absolute atomic E-state index is 0.322. The van der Waals surface area contributed by atoms with Crippen LogP contribution in [0.5, 0.6) is 0 Å². The number of piperazine rings is 1. The molecule has 0 saturated carbocycles. The van der Waals surface area contributed by atoms with Crippen LogP contribution in [0.1, 0.15) is 25.1 Å². The van der Waals surface area contributed by atoms with Crippen molar-refractivity contribution in [3.05, 3.63) is 41.5 Å². The Bertz CT molecular complexity index is 1060. The average molecular weight is 437 g/mol. The van der Waals surface area contributed by atoms with Crippen LogP contribution in [-0.2, 0) is 11.3 Å². The van der Waals surface area contributed by atoms with Gasteiger partial charge in [0, 0.05) is 30.6 Å². The van der Waals surface area contributed by atoms with Crippen molar-refractivity contribution in [2.45, 2.75) is 31.8 Å². The first-order valence-corrected chi connectivity index (χ1v) is 11.9. The van der Waals surface area contributed by atoms with Gasteiger partial charge in [-0.1, -0.05) is 36.8 Å². The molecule has 1 unspecified atom stereocenters. The van der Waals surface area contributed by atoms with E-state index in [1.807, 2.05) is 6.07 Å². The van der Waals surface area contributed by atoms with Gasteiger partial charge in [-0.2, -0.15) is 0 Å². The summed E-state index contributed by atoms with van der Waals surface area (Å²) in [4.78, 5) is 27.5. The largest absolute Gasteiger partial charge is 0.368 e. The van der Waals surface area contributed by atoms with E-state index in [1.165, 1.54) is 19.3 Å². The maximum Gasteiger partial charge on any atom is 0.236 e. The van der Waals surface area contributed by atoms with Crippen molar-refractivity contribution in [1.82, 2.24) is 20.2 Å². The second kappa shape index (κ2) is 8.90. The lowest BCUT2D eigenvalue weighted by Crippen LogP contribution is -2.56. The van der Waals surface area contributed by atoms with Crippen LogP contribution < -0.4 is 16.0 Å². The molecule has 0 radical (unpaired) electrons. The molecule has 2 aliphatic rings. The molecule has 0 spiro atoms. The zero-order valence-electron chi connectivity index (χ0n) is 17.6. The minimum Gasteiger partial charge on any atom is -0.368 e. The topological polar surface area (TPSA) is 87.4 Å². The summed E-state index contributed by atoms with van der Waals surface area (Å²) in [5.41, 5.74) is 7.91. The second-order valence-electron chi connectivity index (χ2n) is 8.35. The highest BCUT2D eigenvalue weighted by Gasteiger charge is 2.28. The van der Waals surface area contributed by atoms with Gasteiger partial charge in [-0.25, -0.2) is 9.97 Å². The number of thiophene rings is 1. The third kappa shape index (κ3) is 4.28. The SMILES string of the molecule is NC(=O)C1CN(c2nc(CN3CCCCC3)nc3scc(-c4ccccc4)c23)CCN1. The van der Waals surface area contributed by atoms with Gasteiger partial charge in [-0.3, -0.25) is 9.69 Å². The third-order valence-corrected chi connectivity index (χ3v) is 7.05. The number of amides is 1. The number of primary amides is 1. The van der Waals surface area contributed by atoms with Gasteiger partial charge in [0.05, 0.1) is 11.9 Å². The summed E-state index contributed by atoms with van der Waals surface area (Å²) in [6, 6.07) is 10.0. The van der Waals surface area contributed by atoms with E-state index in [0.29, 0.717) is 13.1 Å². The lowest BCUT2D eigenvalue weighted by atomic mass is 10.1. The van der Waals surface area contributed by atoms with Gasteiger partial charge >= 0.3 is 0 Å². The Hall–Kier alpha value is -2.55. The van der Waals surface area contributed by atoms with Crippen LogP contribution in [0.3, 0.4) is 0 Å². The van der Waals surface area contributed by atoms with Gasteiger partial charge in [0.25, 0.3) is 0 Å². The number of nitrogens with zero attached hydrogens (tertiary/aromatic N) is 4. The number of aromatic nitrogens is 2. The smallest absolute Gasteiger partial charge is 0.236 e. The summed E-state index contributed by atoms with van der Waals surface area (Å²) < 4.78 is 0. The van der Waals surface area contributed by atoms with E-state index >= 15 is 0 Å². The quantitative estimate of drug-likeness (QED) is 0.639. The Balaban J connectivity index is 1.58. The van der Waals surface area contributed by atoms with Crippen molar-refractivity contribution in [3.63, 3.8) is 0 Å². The fourth-order valence-electron chi connectivity index (χ4n) is 4.55. The number of rotatable bonds is 5. The molecule has 0 bridgehead atoms. The van der Waals surface area contributed by atoms with E-state index in [1.54, 1.807) is 11.3 Å². The normalized spacial score (nSPS) is 20.3. The molecule has 8 heteroatoms. The van der Waals surface area contributed by atoms with Crippen LogP contribution in [0.4, 0.5) is 5.82 Å². The molecule has 5 rings (SSSR count). The van der Waals surface area contributed by atoms with E-state index in [0.717, 1.165) is 59.2 Å². The average Bonchev–Trinajstić information content (AvgIpc) is 3.24. The highest BCUT2D eigenvalue weighted by molar-refractivity contribution is 7.17. The number of fused-ring (bicyclic) bond motifs is 1. The highest BCUT2D eigenvalue weighted by Crippen LogP contribution is 2.38.